The second-order valence-corrected chi connectivity index (χ2v) is 11.7. The Labute approximate surface area is 256 Å². The third kappa shape index (κ3) is 3.85. The minimum Gasteiger partial charge on any atom is -0.497 e. The number of para-hydroxylation sites is 1. The molecule has 3 aliphatic rings. The first-order chi connectivity index (χ1) is 21.3. The van der Waals surface area contributed by atoms with Crippen molar-refractivity contribution in [1.82, 2.24) is 0 Å². The average Bonchev–Trinajstić information content (AvgIpc) is 3.52. The van der Waals surface area contributed by atoms with Gasteiger partial charge in [0.25, 0.3) is 0 Å². The summed E-state index contributed by atoms with van der Waals surface area (Å²) in [5.74, 6) is -0.877. The Morgan fingerprint density at radius 3 is 2.14 bits per heavy atom. The second kappa shape index (κ2) is 10.2. The molecule has 0 bridgehead atoms. The first-order valence-corrected chi connectivity index (χ1v) is 14.6. The van der Waals surface area contributed by atoms with Crippen LogP contribution in [0.2, 0.25) is 0 Å². The van der Waals surface area contributed by atoms with Crippen LogP contribution in [0, 0.1) is 12.8 Å². The molecule has 1 fully saturated rings. The highest BCUT2D eigenvalue weighted by Gasteiger charge is 2.70. The highest BCUT2D eigenvalue weighted by atomic mass is 16.5. The highest BCUT2D eigenvalue weighted by molar-refractivity contribution is 6.18. The molecule has 0 unspecified atom stereocenters. The van der Waals surface area contributed by atoms with E-state index in [1.54, 1.807) is 62.8 Å². The number of ketones is 2. The molecule has 3 aliphatic heterocycles. The molecule has 1 N–H and O–H groups in total. The largest absolute Gasteiger partial charge is 0.497 e. The van der Waals surface area contributed by atoms with Gasteiger partial charge in [-0.3, -0.25) is 14.4 Å². The monoisotopic (exact) mass is 584 g/mol. The lowest BCUT2D eigenvalue weighted by Crippen LogP contribution is -2.51. The zero-order valence-electron chi connectivity index (χ0n) is 25.0. The maximum absolute atomic E-state index is 15.0. The van der Waals surface area contributed by atoms with Gasteiger partial charge >= 0.3 is 0 Å². The van der Waals surface area contributed by atoms with Gasteiger partial charge in [-0.25, -0.2) is 0 Å². The van der Waals surface area contributed by atoms with E-state index < -0.39 is 23.4 Å². The number of hydrogen-bond acceptors (Lipinski definition) is 6. The number of ether oxygens (including phenoxy) is 2. The summed E-state index contributed by atoms with van der Waals surface area (Å²) in [5.41, 5.74) is 4.60. The first-order valence-electron chi connectivity index (χ1n) is 14.6. The second-order valence-electron chi connectivity index (χ2n) is 11.7. The molecule has 1 saturated heterocycles. The van der Waals surface area contributed by atoms with Gasteiger partial charge in [-0.15, -0.1) is 0 Å². The summed E-state index contributed by atoms with van der Waals surface area (Å²) in [5, 5.41) is 3.08. The molecule has 3 heterocycles. The van der Waals surface area contributed by atoms with E-state index in [9.17, 15) is 9.59 Å². The van der Waals surface area contributed by atoms with Gasteiger partial charge in [0.1, 0.15) is 23.0 Å². The average molecular weight is 585 g/mol. The van der Waals surface area contributed by atoms with E-state index in [-0.39, 0.29) is 17.5 Å². The van der Waals surface area contributed by atoms with Crippen LogP contribution in [0.4, 0.5) is 11.4 Å². The lowest BCUT2D eigenvalue weighted by atomic mass is 9.64. The predicted octanol–water partition coefficient (Wildman–Crippen LogP) is 6.26. The Balaban J connectivity index is 1.55. The van der Waals surface area contributed by atoms with Crippen LogP contribution in [-0.2, 0) is 10.2 Å². The van der Waals surface area contributed by atoms with Crippen LogP contribution in [0.1, 0.15) is 44.3 Å². The molecule has 1 spiro atoms. The Morgan fingerprint density at radius 2 is 1.45 bits per heavy atom. The maximum atomic E-state index is 15.0. The normalized spacial score (nSPS) is 22.9. The summed E-state index contributed by atoms with van der Waals surface area (Å²) < 4.78 is 10.9. The van der Waals surface area contributed by atoms with Crippen molar-refractivity contribution in [1.29, 1.82) is 0 Å². The van der Waals surface area contributed by atoms with Crippen LogP contribution in [0.5, 0.6) is 11.5 Å². The van der Waals surface area contributed by atoms with Crippen LogP contribution < -0.4 is 19.7 Å². The number of nitrogens with zero attached hydrogens (tertiary/aromatic N) is 1. The van der Waals surface area contributed by atoms with Crippen LogP contribution >= 0.6 is 0 Å². The van der Waals surface area contributed by atoms with Crippen molar-refractivity contribution in [3.63, 3.8) is 0 Å². The molecule has 44 heavy (non-hydrogen) atoms. The topological polar surface area (TPSA) is 84.9 Å². The molecular weight excluding hydrogens is 552 g/mol. The quantitative estimate of drug-likeness (QED) is 0.270. The SMILES string of the molecule is COc1cccc(C(=O)[C@@H]2[C@H](C(=O)c3cccc(OC)c3)[C@@]3(C(=O)Nc4ccccc43)[C@@H]3C=C(C)c4cc(C)ccc4N23)c1. The lowest BCUT2D eigenvalue weighted by molar-refractivity contribution is -0.121. The van der Waals surface area contributed by atoms with Crippen molar-refractivity contribution in [2.75, 3.05) is 24.4 Å². The lowest BCUT2D eigenvalue weighted by Gasteiger charge is -2.39. The molecule has 0 aromatic heterocycles. The molecule has 1 amide bonds. The molecule has 0 radical (unpaired) electrons. The van der Waals surface area contributed by atoms with E-state index in [0.29, 0.717) is 33.9 Å². The number of carbonyl (C=O) groups excluding carboxylic acids is 3. The van der Waals surface area contributed by atoms with E-state index in [1.807, 2.05) is 55.1 Å². The molecule has 7 nitrogen and oxygen atoms in total. The minimum absolute atomic E-state index is 0.260. The molecule has 4 aromatic rings. The number of aryl methyl sites for hydroxylation is 1. The van der Waals surface area contributed by atoms with Crippen molar-refractivity contribution in [3.8, 4) is 11.5 Å². The number of nitrogens with one attached hydrogen (secondary N) is 1. The van der Waals surface area contributed by atoms with Gasteiger partial charge in [0.2, 0.25) is 5.91 Å². The standard InChI is InChI=1S/C37H32N2O5/c1-21-15-16-30-27(17-21)22(2)18-31-37(28-13-5-6-14-29(28)38-36(37)42)32(34(40)23-9-7-11-25(19-23)43-3)33(39(30)31)35(41)24-10-8-12-26(20-24)44-4/h5-20,31-33H,1-4H3,(H,38,42)/t31-,32+,33-,37-/m0/s1. The molecule has 0 aliphatic carbocycles. The zero-order chi connectivity index (χ0) is 30.7. The number of methoxy groups -OCH3 is 2. The summed E-state index contributed by atoms with van der Waals surface area (Å²) in [6.45, 7) is 4.05. The number of hydrogen-bond donors (Lipinski definition) is 1. The van der Waals surface area contributed by atoms with Crippen LogP contribution in [0.15, 0.2) is 97.1 Å². The highest BCUT2D eigenvalue weighted by Crippen LogP contribution is 2.59. The number of carbonyl (C=O) groups is 3. The summed E-state index contributed by atoms with van der Waals surface area (Å²) in [4.78, 5) is 46.6. The van der Waals surface area contributed by atoms with Crippen molar-refractivity contribution in [2.24, 2.45) is 5.92 Å². The van der Waals surface area contributed by atoms with Crippen molar-refractivity contribution in [3.05, 3.63) is 125 Å². The van der Waals surface area contributed by atoms with Gasteiger partial charge < -0.3 is 19.7 Å². The van der Waals surface area contributed by atoms with Crippen LogP contribution in [0.25, 0.3) is 5.57 Å². The summed E-state index contributed by atoms with van der Waals surface area (Å²) >= 11 is 0. The predicted molar refractivity (Wildman–Crippen MR) is 170 cm³/mol. The number of anilines is 2. The van der Waals surface area contributed by atoms with Gasteiger partial charge in [-0.05, 0) is 67.4 Å². The number of amides is 1. The maximum Gasteiger partial charge on any atom is 0.238 e. The van der Waals surface area contributed by atoms with E-state index in [1.165, 1.54) is 0 Å². The number of rotatable bonds is 6. The van der Waals surface area contributed by atoms with Crippen LogP contribution in [0.3, 0.4) is 0 Å². The molecule has 7 heteroatoms. The molecule has 4 atom stereocenters. The molecule has 7 rings (SSSR count). The smallest absolute Gasteiger partial charge is 0.238 e. The fourth-order valence-corrected chi connectivity index (χ4v) is 7.45. The van der Waals surface area contributed by atoms with E-state index >= 15 is 4.79 Å². The number of benzene rings is 4. The Morgan fingerprint density at radius 1 is 0.795 bits per heavy atom. The molecule has 220 valence electrons. The van der Waals surface area contributed by atoms with Crippen molar-refractivity contribution >= 4 is 34.4 Å². The van der Waals surface area contributed by atoms with Gasteiger partial charge in [-0.2, -0.15) is 0 Å². The summed E-state index contributed by atoms with van der Waals surface area (Å²) in [6, 6.07) is 25.9. The fourth-order valence-electron chi connectivity index (χ4n) is 7.45. The Bertz CT molecular complexity index is 1890. The van der Waals surface area contributed by atoms with Crippen LogP contribution in [-0.4, -0.2) is 43.8 Å². The van der Waals surface area contributed by atoms with Gasteiger partial charge in [-0.1, -0.05) is 60.2 Å². The zero-order valence-corrected chi connectivity index (χ0v) is 25.0. The summed E-state index contributed by atoms with van der Waals surface area (Å²) in [6.07, 6.45) is 2.06. The summed E-state index contributed by atoms with van der Waals surface area (Å²) in [7, 11) is 3.10. The number of Topliss-reactive ketones (excluding diaryl/α,β-unsaturated/α-hetero) is 2. The molecular formula is C37H32N2O5. The fraction of sp³-hybridized carbons (Fsp3) is 0.216. The first kappa shape index (κ1) is 27.7. The van der Waals surface area contributed by atoms with Gasteiger partial charge in [0.05, 0.1) is 26.2 Å². The van der Waals surface area contributed by atoms with E-state index in [2.05, 4.69) is 17.5 Å². The van der Waals surface area contributed by atoms with Gasteiger partial charge in [0.15, 0.2) is 11.6 Å². The number of fused-ring (bicyclic) bond motifs is 6. The number of allylic oxidation sites excluding steroid dienone is 1. The molecule has 4 aromatic carbocycles. The van der Waals surface area contributed by atoms with Crippen molar-refractivity contribution in [2.45, 2.75) is 31.3 Å². The van der Waals surface area contributed by atoms with Gasteiger partial charge in [0, 0.05) is 28.1 Å². The Hall–Kier alpha value is -5.17. The van der Waals surface area contributed by atoms with E-state index in [4.69, 9.17) is 9.47 Å². The third-order valence-electron chi connectivity index (χ3n) is 9.39. The van der Waals surface area contributed by atoms with Crippen molar-refractivity contribution < 1.29 is 23.9 Å². The third-order valence-corrected chi connectivity index (χ3v) is 9.39. The molecule has 0 saturated carbocycles. The minimum atomic E-state index is -1.39. The van der Waals surface area contributed by atoms with E-state index in [0.717, 1.165) is 22.4 Å². The Kier molecular flexibility index (Phi) is 6.43.